The van der Waals surface area contributed by atoms with E-state index in [1.54, 1.807) is 0 Å². The third-order valence-electron chi connectivity index (χ3n) is 0.757. The molecule has 0 spiro atoms. The Morgan fingerprint density at radius 1 is 1.18 bits per heavy atom. The highest BCUT2D eigenvalue weighted by Crippen LogP contribution is 2.18. The van der Waals surface area contributed by atoms with Crippen LogP contribution in [0.15, 0.2) is 0 Å². The number of carbonyl (C=O) groups excluding carboxylic acids is 1. The number of hydrogen-bond donors (Lipinski definition) is 0. The van der Waals surface area contributed by atoms with Gasteiger partial charge >= 0.3 is 11.9 Å². The summed E-state index contributed by atoms with van der Waals surface area (Å²) in [5.74, 6) is -4.88. The molecule has 0 saturated carbocycles. The minimum Gasteiger partial charge on any atom is -0.456 e. The van der Waals surface area contributed by atoms with Crippen LogP contribution in [0.1, 0.15) is 27.7 Å². The molecular weight excluding hydrogens is 154 g/mol. The van der Waals surface area contributed by atoms with Crippen LogP contribution >= 0.6 is 0 Å². The molecule has 0 heterocycles. The molecule has 0 unspecified atom stereocenters. The first-order valence-electron chi connectivity index (χ1n) is 3.24. The van der Waals surface area contributed by atoms with E-state index < -0.39 is 17.5 Å². The molecule has 0 aromatic carbocycles. The van der Waals surface area contributed by atoms with E-state index in [1.165, 1.54) is 20.8 Å². The average molecular weight is 166 g/mol. The van der Waals surface area contributed by atoms with Crippen molar-refractivity contribution in [3.8, 4) is 0 Å². The van der Waals surface area contributed by atoms with E-state index in [-0.39, 0.29) is 0 Å². The smallest absolute Gasteiger partial charge is 0.377 e. The van der Waals surface area contributed by atoms with Gasteiger partial charge in [-0.2, -0.15) is 8.78 Å². The fourth-order valence-electron chi connectivity index (χ4n) is 0.368. The Labute approximate surface area is 64.5 Å². The predicted octanol–water partition coefficient (Wildman–Crippen LogP) is 1.98. The maximum absolute atomic E-state index is 12.2. The van der Waals surface area contributed by atoms with Gasteiger partial charge in [0.2, 0.25) is 0 Å². The van der Waals surface area contributed by atoms with Crippen LogP contribution in [0.3, 0.4) is 0 Å². The first kappa shape index (κ1) is 10.3. The molecule has 0 aromatic heterocycles. The molecule has 11 heavy (non-hydrogen) atoms. The molecule has 0 aliphatic rings. The molecule has 0 aromatic rings. The lowest BCUT2D eigenvalue weighted by Crippen LogP contribution is -2.34. The summed E-state index contributed by atoms with van der Waals surface area (Å²) in [5.41, 5.74) is -0.851. The monoisotopic (exact) mass is 166 g/mol. The molecular formula is C7H12F2O2. The van der Waals surface area contributed by atoms with Gasteiger partial charge in [0.25, 0.3) is 0 Å². The van der Waals surface area contributed by atoms with E-state index in [0.717, 1.165) is 0 Å². The van der Waals surface area contributed by atoms with Crippen LogP contribution in [-0.4, -0.2) is 17.5 Å². The maximum atomic E-state index is 12.2. The number of hydrogen-bond acceptors (Lipinski definition) is 2. The van der Waals surface area contributed by atoms with Crippen LogP contribution in [0.2, 0.25) is 0 Å². The standard InChI is InChI=1S/C7H12F2O2/c1-6(2,3)11-5(10)7(4,8)9/h1-4H3. The van der Waals surface area contributed by atoms with Crippen molar-refractivity contribution >= 4 is 5.97 Å². The molecule has 66 valence electrons. The molecule has 0 fully saturated rings. The van der Waals surface area contributed by atoms with Crippen LogP contribution in [0.4, 0.5) is 8.78 Å². The van der Waals surface area contributed by atoms with Crippen molar-refractivity contribution in [3.63, 3.8) is 0 Å². The van der Waals surface area contributed by atoms with Crippen molar-refractivity contribution in [2.24, 2.45) is 0 Å². The molecule has 4 heteroatoms. The van der Waals surface area contributed by atoms with Gasteiger partial charge in [-0.3, -0.25) is 0 Å². The summed E-state index contributed by atoms with van der Waals surface area (Å²) in [6.45, 7) is 5.13. The summed E-state index contributed by atoms with van der Waals surface area (Å²) in [6, 6.07) is 0. The van der Waals surface area contributed by atoms with Gasteiger partial charge in [0.05, 0.1) is 0 Å². The van der Waals surface area contributed by atoms with Crippen molar-refractivity contribution in [3.05, 3.63) is 0 Å². The van der Waals surface area contributed by atoms with Crippen LogP contribution in [0, 0.1) is 0 Å². The lowest BCUT2D eigenvalue weighted by molar-refractivity contribution is -0.180. The Morgan fingerprint density at radius 2 is 1.55 bits per heavy atom. The van der Waals surface area contributed by atoms with Gasteiger partial charge < -0.3 is 4.74 Å². The molecule has 0 amide bonds. The second kappa shape index (κ2) is 2.75. The molecule has 0 rings (SSSR count). The molecule has 0 aliphatic carbocycles. The summed E-state index contributed by atoms with van der Waals surface area (Å²) in [6.07, 6.45) is 0. The molecule has 0 N–H and O–H groups in total. The fourth-order valence-corrected chi connectivity index (χ4v) is 0.368. The zero-order valence-corrected chi connectivity index (χ0v) is 7.07. The predicted molar refractivity (Wildman–Crippen MR) is 36.5 cm³/mol. The number of ether oxygens (including phenoxy) is 1. The summed E-state index contributed by atoms with van der Waals surface area (Å²) < 4.78 is 28.8. The molecule has 0 aliphatic heterocycles. The molecule has 0 atom stereocenters. The Morgan fingerprint density at radius 3 is 1.64 bits per heavy atom. The van der Waals surface area contributed by atoms with Crippen LogP contribution < -0.4 is 0 Å². The second-order valence-corrected chi connectivity index (χ2v) is 3.39. The first-order chi connectivity index (χ1) is 4.63. The van der Waals surface area contributed by atoms with Crippen molar-refractivity contribution in [2.75, 3.05) is 0 Å². The quantitative estimate of drug-likeness (QED) is 0.557. The van der Waals surface area contributed by atoms with Crippen LogP contribution in [0.25, 0.3) is 0 Å². The first-order valence-corrected chi connectivity index (χ1v) is 3.24. The van der Waals surface area contributed by atoms with Crippen molar-refractivity contribution in [1.82, 2.24) is 0 Å². The zero-order valence-electron chi connectivity index (χ0n) is 7.07. The van der Waals surface area contributed by atoms with E-state index in [0.29, 0.717) is 6.92 Å². The van der Waals surface area contributed by atoms with E-state index >= 15 is 0 Å². The number of alkyl halides is 2. The number of esters is 1. The van der Waals surface area contributed by atoms with Gasteiger partial charge in [0.15, 0.2) is 0 Å². The van der Waals surface area contributed by atoms with Gasteiger partial charge in [-0.1, -0.05) is 0 Å². The Kier molecular flexibility index (Phi) is 2.59. The molecule has 0 saturated heterocycles. The molecule has 2 nitrogen and oxygen atoms in total. The van der Waals surface area contributed by atoms with Crippen LogP contribution in [0.5, 0.6) is 0 Å². The van der Waals surface area contributed by atoms with Crippen molar-refractivity contribution < 1.29 is 18.3 Å². The van der Waals surface area contributed by atoms with Gasteiger partial charge in [-0.05, 0) is 20.8 Å². The zero-order chi connectivity index (χ0) is 9.28. The SMILES string of the molecule is CC(C)(C)OC(=O)C(C)(F)F. The van der Waals surface area contributed by atoms with Crippen molar-refractivity contribution in [1.29, 1.82) is 0 Å². The van der Waals surface area contributed by atoms with Crippen molar-refractivity contribution in [2.45, 2.75) is 39.2 Å². The molecule has 0 radical (unpaired) electrons. The summed E-state index contributed by atoms with van der Waals surface area (Å²) in [4.78, 5) is 10.5. The van der Waals surface area contributed by atoms with Gasteiger partial charge in [-0.15, -0.1) is 0 Å². The summed E-state index contributed by atoms with van der Waals surface area (Å²) in [5, 5.41) is 0. The van der Waals surface area contributed by atoms with E-state index in [9.17, 15) is 13.6 Å². The van der Waals surface area contributed by atoms with E-state index in [2.05, 4.69) is 4.74 Å². The maximum Gasteiger partial charge on any atom is 0.377 e. The van der Waals surface area contributed by atoms with Gasteiger partial charge in [0.1, 0.15) is 5.60 Å². The lowest BCUT2D eigenvalue weighted by atomic mass is 10.2. The highest BCUT2D eigenvalue weighted by molar-refractivity contribution is 5.77. The minimum absolute atomic E-state index is 0.515. The fraction of sp³-hybridized carbons (Fsp3) is 0.857. The van der Waals surface area contributed by atoms with E-state index in [4.69, 9.17) is 0 Å². The largest absolute Gasteiger partial charge is 0.456 e. The Balaban J connectivity index is 4.11. The Bertz CT molecular complexity index is 153. The highest BCUT2D eigenvalue weighted by atomic mass is 19.3. The van der Waals surface area contributed by atoms with Gasteiger partial charge in [-0.25, -0.2) is 4.79 Å². The average Bonchev–Trinajstić information content (AvgIpc) is 1.56. The lowest BCUT2D eigenvalue weighted by Gasteiger charge is -2.21. The second-order valence-electron chi connectivity index (χ2n) is 3.39. The topological polar surface area (TPSA) is 26.3 Å². The summed E-state index contributed by atoms with van der Waals surface area (Å²) in [7, 11) is 0. The third-order valence-corrected chi connectivity index (χ3v) is 0.757. The normalized spacial score (nSPS) is 12.9. The minimum atomic E-state index is -3.40. The number of carbonyl (C=O) groups is 1. The summed E-state index contributed by atoms with van der Waals surface area (Å²) >= 11 is 0. The molecule has 0 bridgehead atoms. The number of rotatable bonds is 1. The number of halogens is 2. The van der Waals surface area contributed by atoms with E-state index in [1.807, 2.05) is 0 Å². The van der Waals surface area contributed by atoms with Crippen LogP contribution in [-0.2, 0) is 9.53 Å². The highest BCUT2D eigenvalue weighted by Gasteiger charge is 2.36. The Hall–Kier alpha value is -0.670. The van der Waals surface area contributed by atoms with Gasteiger partial charge in [0, 0.05) is 6.92 Å². The third kappa shape index (κ3) is 4.70.